The molecule has 5 rings (SSSR count). The quantitative estimate of drug-likeness (QED) is 0.545. The number of carbonyl (C=O) groups is 1. The number of benzene rings is 1. The molecule has 2 aromatic heterocycles. The number of amides is 1. The van der Waals surface area contributed by atoms with E-state index in [1.165, 1.54) is 0 Å². The molecule has 33 heavy (non-hydrogen) atoms. The van der Waals surface area contributed by atoms with Crippen LogP contribution in [-0.4, -0.2) is 63.4 Å². The zero-order valence-corrected chi connectivity index (χ0v) is 19.2. The standard InChI is InChI=1S/C24H30N6O3/c1-3-5-6-17(4-2)22(31)28-11-13-29(14-12-28)24-26-23-25-10-9-19(30(23)27-24)18-7-8-20-21(15-18)33-16-32-20/h7-10,15,17H,3-6,11-14,16H2,1-2H3/t17-/m1/s1. The van der Waals surface area contributed by atoms with E-state index < -0.39 is 0 Å². The number of piperazine rings is 1. The summed E-state index contributed by atoms with van der Waals surface area (Å²) in [4.78, 5) is 26.2. The first-order valence-corrected chi connectivity index (χ1v) is 11.8. The lowest BCUT2D eigenvalue weighted by molar-refractivity contribution is -0.136. The van der Waals surface area contributed by atoms with Crippen molar-refractivity contribution in [3.63, 3.8) is 0 Å². The van der Waals surface area contributed by atoms with E-state index in [1.807, 2.05) is 29.2 Å². The molecular weight excluding hydrogens is 420 g/mol. The van der Waals surface area contributed by atoms with Crippen LogP contribution in [0.3, 0.4) is 0 Å². The van der Waals surface area contributed by atoms with E-state index in [0.717, 1.165) is 48.4 Å². The van der Waals surface area contributed by atoms with Crippen LogP contribution >= 0.6 is 0 Å². The molecule has 0 N–H and O–H groups in total. The van der Waals surface area contributed by atoms with Gasteiger partial charge >= 0.3 is 0 Å². The summed E-state index contributed by atoms with van der Waals surface area (Å²) in [6.07, 6.45) is 5.86. The zero-order valence-electron chi connectivity index (χ0n) is 19.2. The Labute approximate surface area is 193 Å². The van der Waals surface area contributed by atoms with Gasteiger partial charge in [-0.25, -0.2) is 4.98 Å². The Kier molecular flexibility index (Phi) is 6.02. The summed E-state index contributed by atoms with van der Waals surface area (Å²) in [7, 11) is 0. The maximum Gasteiger partial charge on any atom is 0.254 e. The van der Waals surface area contributed by atoms with Gasteiger partial charge in [0.2, 0.25) is 18.6 Å². The SMILES string of the molecule is CCCC[C@@H](CC)C(=O)N1CCN(c2nc3nccc(-c4ccc5c(c4)OCO5)n3n2)CC1. The normalized spacial score (nSPS) is 16.4. The fourth-order valence-electron chi connectivity index (χ4n) is 4.53. The third-order valence-corrected chi connectivity index (χ3v) is 6.52. The van der Waals surface area contributed by atoms with Crippen LogP contribution in [0.4, 0.5) is 5.95 Å². The van der Waals surface area contributed by atoms with Crippen molar-refractivity contribution in [3.8, 4) is 22.8 Å². The molecule has 0 unspecified atom stereocenters. The van der Waals surface area contributed by atoms with Crippen molar-refractivity contribution in [3.05, 3.63) is 30.5 Å². The Morgan fingerprint density at radius 1 is 1.09 bits per heavy atom. The number of aromatic nitrogens is 4. The minimum Gasteiger partial charge on any atom is -0.454 e. The van der Waals surface area contributed by atoms with E-state index in [9.17, 15) is 4.79 Å². The van der Waals surface area contributed by atoms with E-state index in [2.05, 4.69) is 28.7 Å². The summed E-state index contributed by atoms with van der Waals surface area (Å²) in [6.45, 7) is 7.34. The summed E-state index contributed by atoms with van der Waals surface area (Å²) in [5.41, 5.74) is 1.84. The van der Waals surface area contributed by atoms with Crippen molar-refractivity contribution >= 4 is 17.6 Å². The van der Waals surface area contributed by atoms with Crippen LogP contribution in [0.1, 0.15) is 39.5 Å². The first kappa shape index (κ1) is 21.5. The maximum absolute atomic E-state index is 12.9. The second kappa shape index (κ2) is 9.25. The molecule has 0 radical (unpaired) electrons. The molecule has 9 nitrogen and oxygen atoms in total. The number of anilines is 1. The molecule has 1 aromatic carbocycles. The molecule has 1 fully saturated rings. The highest BCUT2D eigenvalue weighted by molar-refractivity contribution is 5.79. The molecule has 2 aliphatic rings. The first-order valence-electron chi connectivity index (χ1n) is 11.8. The fraction of sp³-hybridized carbons (Fsp3) is 0.500. The second-order valence-corrected chi connectivity index (χ2v) is 8.58. The molecule has 4 heterocycles. The maximum atomic E-state index is 12.9. The number of nitrogens with zero attached hydrogens (tertiary/aromatic N) is 6. The molecule has 1 atom stereocenters. The highest BCUT2D eigenvalue weighted by Crippen LogP contribution is 2.35. The van der Waals surface area contributed by atoms with E-state index in [-0.39, 0.29) is 12.7 Å². The molecule has 174 valence electrons. The summed E-state index contributed by atoms with van der Waals surface area (Å²) >= 11 is 0. The van der Waals surface area contributed by atoms with E-state index >= 15 is 0 Å². The van der Waals surface area contributed by atoms with Crippen LogP contribution in [0.5, 0.6) is 11.5 Å². The van der Waals surface area contributed by atoms with Crippen LogP contribution < -0.4 is 14.4 Å². The second-order valence-electron chi connectivity index (χ2n) is 8.58. The molecule has 0 spiro atoms. The zero-order chi connectivity index (χ0) is 22.8. The Bertz CT molecular complexity index is 1140. The van der Waals surface area contributed by atoms with Gasteiger partial charge in [-0.2, -0.15) is 9.50 Å². The number of rotatable bonds is 7. The van der Waals surface area contributed by atoms with Gasteiger partial charge in [-0.1, -0.05) is 26.7 Å². The molecular formula is C24H30N6O3. The predicted octanol–water partition coefficient (Wildman–Crippen LogP) is 3.39. The largest absolute Gasteiger partial charge is 0.454 e. The van der Waals surface area contributed by atoms with Gasteiger partial charge in [0.25, 0.3) is 5.78 Å². The Morgan fingerprint density at radius 2 is 1.91 bits per heavy atom. The highest BCUT2D eigenvalue weighted by atomic mass is 16.7. The number of hydrogen-bond acceptors (Lipinski definition) is 7. The van der Waals surface area contributed by atoms with Crippen molar-refractivity contribution in [1.29, 1.82) is 0 Å². The van der Waals surface area contributed by atoms with Crippen molar-refractivity contribution in [2.75, 3.05) is 37.9 Å². The number of carbonyl (C=O) groups excluding carboxylic acids is 1. The summed E-state index contributed by atoms with van der Waals surface area (Å²) in [6, 6.07) is 7.76. The number of ether oxygens (including phenoxy) is 2. The fourth-order valence-corrected chi connectivity index (χ4v) is 4.53. The minimum absolute atomic E-state index is 0.137. The van der Waals surface area contributed by atoms with Gasteiger partial charge in [0.05, 0.1) is 5.69 Å². The predicted molar refractivity (Wildman–Crippen MR) is 124 cm³/mol. The molecule has 0 aliphatic carbocycles. The van der Waals surface area contributed by atoms with Gasteiger partial charge in [-0.15, -0.1) is 5.10 Å². The molecule has 2 aliphatic heterocycles. The van der Waals surface area contributed by atoms with Gasteiger partial charge < -0.3 is 19.3 Å². The first-order chi connectivity index (χ1) is 16.2. The van der Waals surface area contributed by atoms with Crippen LogP contribution in [0.25, 0.3) is 17.0 Å². The van der Waals surface area contributed by atoms with Crippen molar-refractivity contribution in [1.82, 2.24) is 24.5 Å². The van der Waals surface area contributed by atoms with Crippen LogP contribution in [-0.2, 0) is 4.79 Å². The number of fused-ring (bicyclic) bond motifs is 2. The average molecular weight is 451 g/mol. The topological polar surface area (TPSA) is 85.1 Å². The van der Waals surface area contributed by atoms with Crippen LogP contribution in [0.2, 0.25) is 0 Å². The van der Waals surface area contributed by atoms with Crippen LogP contribution in [0, 0.1) is 5.92 Å². The average Bonchev–Trinajstić information content (AvgIpc) is 3.51. The van der Waals surface area contributed by atoms with Crippen LogP contribution in [0.15, 0.2) is 30.5 Å². The Hall–Kier alpha value is -3.36. The third kappa shape index (κ3) is 4.19. The Morgan fingerprint density at radius 3 is 2.70 bits per heavy atom. The number of hydrogen-bond donors (Lipinski definition) is 0. The molecule has 0 bridgehead atoms. The van der Waals surface area contributed by atoms with Gasteiger partial charge in [0.15, 0.2) is 11.5 Å². The van der Waals surface area contributed by atoms with Gasteiger partial charge in [-0.3, -0.25) is 4.79 Å². The van der Waals surface area contributed by atoms with E-state index in [1.54, 1.807) is 10.7 Å². The summed E-state index contributed by atoms with van der Waals surface area (Å²) < 4.78 is 12.7. The van der Waals surface area contributed by atoms with Crippen molar-refractivity contribution in [2.45, 2.75) is 39.5 Å². The molecule has 1 saturated heterocycles. The number of unbranched alkanes of at least 4 members (excludes halogenated alkanes) is 1. The summed E-state index contributed by atoms with van der Waals surface area (Å²) in [5.74, 6) is 3.09. The van der Waals surface area contributed by atoms with Gasteiger partial charge in [-0.05, 0) is 37.1 Å². The van der Waals surface area contributed by atoms with Crippen molar-refractivity contribution in [2.24, 2.45) is 5.92 Å². The molecule has 1 amide bonds. The molecule has 3 aromatic rings. The van der Waals surface area contributed by atoms with Gasteiger partial charge in [0.1, 0.15) is 0 Å². The lowest BCUT2D eigenvalue weighted by atomic mass is 9.97. The minimum atomic E-state index is 0.137. The molecule has 0 saturated carbocycles. The smallest absolute Gasteiger partial charge is 0.254 e. The van der Waals surface area contributed by atoms with Gasteiger partial charge in [0, 0.05) is 43.9 Å². The summed E-state index contributed by atoms with van der Waals surface area (Å²) in [5, 5.41) is 4.76. The lowest BCUT2D eigenvalue weighted by Crippen LogP contribution is -2.50. The van der Waals surface area contributed by atoms with Crippen molar-refractivity contribution < 1.29 is 14.3 Å². The lowest BCUT2D eigenvalue weighted by Gasteiger charge is -2.35. The molecule has 9 heteroatoms. The highest BCUT2D eigenvalue weighted by Gasteiger charge is 2.28. The van der Waals surface area contributed by atoms with E-state index in [0.29, 0.717) is 43.8 Å². The monoisotopic (exact) mass is 450 g/mol. The van der Waals surface area contributed by atoms with E-state index in [4.69, 9.17) is 14.6 Å². The Balaban J connectivity index is 1.32. The third-order valence-electron chi connectivity index (χ3n) is 6.52.